The molecule has 3 heterocycles. The zero-order valence-electron chi connectivity index (χ0n) is 23.9. The molecule has 206 valence electrons. The minimum absolute atomic E-state index is 0.342. The summed E-state index contributed by atoms with van der Waals surface area (Å²) in [4.78, 5) is 37.1. The maximum absolute atomic E-state index is 13.1. The monoisotopic (exact) mass is 519 g/mol. The predicted octanol–water partition coefficient (Wildman–Crippen LogP) is 5.20. The minimum Gasteiger partial charge on any atom is -0.364 e. The second-order valence-electron chi connectivity index (χ2n) is 9.68. The highest BCUT2D eigenvalue weighted by molar-refractivity contribution is 6.05. The molecule has 7 nitrogen and oxygen atoms in total. The lowest BCUT2D eigenvalue weighted by atomic mass is 9.91. The van der Waals surface area contributed by atoms with Gasteiger partial charge in [0.15, 0.2) is 0 Å². The van der Waals surface area contributed by atoms with Crippen LogP contribution in [0.3, 0.4) is 0 Å². The van der Waals surface area contributed by atoms with E-state index in [1.165, 1.54) is 16.8 Å². The summed E-state index contributed by atoms with van der Waals surface area (Å²) < 4.78 is 0. The van der Waals surface area contributed by atoms with Crippen molar-refractivity contribution in [3.05, 3.63) is 76.9 Å². The van der Waals surface area contributed by atoms with Crippen LogP contribution in [0.25, 0.3) is 5.57 Å². The van der Waals surface area contributed by atoms with Crippen molar-refractivity contribution in [2.24, 2.45) is 4.99 Å². The van der Waals surface area contributed by atoms with Crippen molar-refractivity contribution in [1.29, 1.82) is 0 Å². The molecule has 3 rings (SSSR count). The first-order valence-corrected chi connectivity index (χ1v) is 13.5. The molecule has 0 atom stereocenters. The van der Waals surface area contributed by atoms with E-state index in [1.54, 1.807) is 12.2 Å². The number of likely N-dealkylation sites (N-methyl/N-ethyl adjacent to an activating group) is 1. The molecule has 0 radical (unpaired) electrons. The first-order chi connectivity index (χ1) is 18.3. The number of imide groups is 1. The number of aryl methyl sites for hydroxylation is 1. The average Bonchev–Trinajstić information content (AvgIpc) is 3.10. The van der Waals surface area contributed by atoms with Crippen LogP contribution in [0.5, 0.6) is 0 Å². The van der Waals surface area contributed by atoms with E-state index >= 15 is 0 Å². The van der Waals surface area contributed by atoms with Crippen molar-refractivity contribution in [3.63, 3.8) is 0 Å². The van der Waals surface area contributed by atoms with Crippen molar-refractivity contribution >= 4 is 24.1 Å². The summed E-state index contributed by atoms with van der Waals surface area (Å²) in [6, 6.07) is 0. The highest BCUT2D eigenvalue weighted by Crippen LogP contribution is 2.31. The molecule has 0 aliphatic carbocycles. The van der Waals surface area contributed by atoms with E-state index in [2.05, 4.69) is 67.2 Å². The second-order valence-corrected chi connectivity index (χ2v) is 9.68. The maximum Gasteiger partial charge on any atom is 0.254 e. The fourth-order valence-corrected chi connectivity index (χ4v) is 4.80. The quantitative estimate of drug-likeness (QED) is 0.267. The van der Waals surface area contributed by atoms with Crippen LogP contribution in [0.1, 0.15) is 63.8 Å². The van der Waals surface area contributed by atoms with Crippen LogP contribution in [0.4, 0.5) is 0 Å². The molecule has 1 aromatic rings. The number of amides is 2. The average molecular weight is 520 g/mol. The van der Waals surface area contributed by atoms with Crippen molar-refractivity contribution in [1.82, 2.24) is 20.1 Å². The Hall–Kier alpha value is -3.45. The summed E-state index contributed by atoms with van der Waals surface area (Å²) >= 11 is 0. The first-order valence-electron chi connectivity index (χ1n) is 13.5. The Kier molecular flexibility index (Phi) is 12.7. The zero-order valence-corrected chi connectivity index (χ0v) is 23.9. The number of aromatic amines is 1. The summed E-state index contributed by atoms with van der Waals surface area (Å²) in [6.45, 7) is 19.1. The molecule has 1 fully saturated rings. The standard InChI is InChI=1S/C27H39N5O2.C4H6/c1-6-22-24(17-29-25(22)7-2)20(4)23(27(34)30-18-33)15-21-16-26(28-10-9-19(21)3)32-12-8-11-31(5)13-14-32;1-3-4-2/h10,16-18,29H,6-9,11-15H2,1-5H3,(H,30,33,34);3-4H,1-2H2/b23-20+;. The summed E-state index contributed by atoms with van der Waals surface area (Å²) in [5.41, 5.74) is 7.28. The molecule has 2 aliphatic heterocycles. The number of allylic oxidation sites excluding steroid dienone is 6. The zero-order chi connectivity index (χ0) is 28.1. The fraction of sp³-hybridized carbons (Fsp3) is 0.452. The van der Waals surface area contributed by atoms with Gasteiger partial charge in [0, 0.05) is 56.2 Å². The van der Waals surface area contributed by atoms with Gasteiger partial charge in [0.25, 0.3) is 5.91 Å². The summed E-state index contributed by atoms with van der Waals surface area (Å²) in [6.07, 6.45) is 13.9. The topological polar surface area (TPSA) is 80.8 Å². The van der Waals surface area contributed by atoms with Gasteiger partial charge in [-0.05, 0) is 75.1 Å². The van der Waals surface area contributed by atoms with Gasteiger partial charge < -0.3 is 14.8 Å². The molecule has 2 N–H and O–H groups in total. The minimum atomic E-state index is -0.342. The van der Waals surface area contributed by atoms with Crippen LogP contribution >= 0.6 is 0 Å². The molecule has 2 amide bonds. The van der Waals surface area contributed by atoms with Gasteiger partial charge in [0.2, 0.25) is 6.41 Å². The summed E-state index contributed by atoms with van der Waals surface area (Å²) in [7, 11) is 2.16. The number of carbonyl (C=O) groups is 2. The lowest BCUT2D eigenvalue weighted by molar-refractivity contribution is -0.122. The van der Waals surface area contributed by atoms with Gasteiger partial charge in [-0.25, -0.2) is 4.99 Å². The number of aliphatic imine (C=N–C) groups is 1. The molecule has 0 spiro atoms. The predicted molar refractivity (Wildman–Crippen MR) is 159 cm³/mol. The van der Waals surface area contributed by atoms with Gasteiger partial charge >= 0.3 is 0 Å². The molecule has 0 saturated carbocycles. The molecule has 1 saturated heterocycles. The van der Waals surface area contributed by atoms with Crippen molar-refractivity contribution in [2.75, 3.05) is 33.2 Å². The largest absolute Gasteiger partial charge is 0.364 e. The highest BCUT2D eigenvalue weighted by Gasteiger charge is 2.22. The normalized spacial score (nSPS) is 16.9. The number of rotatable bonds is 9. The SMILES string of the molecule is C=CC=C.CCc1[nH]cc(/C(C)=C(\CC2=C(C)CC=NC(N3CCCN(C)CC3)=C2)C(=O)NC=O)c1CC. The molecule has 7 heteroatoms. The highest BCUT2D eigenvalue weighted by atomic mass is 16.2. The number of aromatic nitrogens is 1. The van der Waals surface area contributed by atoms with E-state index in [4.69, 9.17) is 4.99 Å². The van der Waals surface area contributed by atoms with Gasteiger partial charge in [-0.3, -0.25) is 14.9 Å². The van der Waals surface area contributed by atoms with E-state index in [0.29, 0.717) is 18.4 Å². The summed E-state index contributed by atoms with van der Waals surface area (Å²) in [5.74, 6) is 0.615. The van der Waals surface area contributed by atoms with E-state index in [9.17, 15) is 9.59 Å². The van der Waals surface area contributed by atoms with Gasteiger partial charge in [-0.15, -0.1) is 0 Å². The van der Waals surface area contributed by atoms with Crippen LogP contribution < -0.4 is 5.32 Å². The van der Waals surface area contributed by atoms with Gasteiger partial charge in [-0.1, -0.05) is 44.7 Å². The molecular formula is C31H45N5O2. The van der Waals surface area contributed by atoms with E-state index in [-0.39, 0.29) is 5.91 Å². The van der Waals surface area contributed by atoms with Crippen LogP contribution in [0.15, 0.2) is 65.1 Å². The first kappa shape index (κ1) is 30.8. The number of hydrogen-bond acceptors (Lipinski definition) is 5. The Morgan fingerprint density at radius 1 is 1.16 bits per heavy atom. The van der Waals surface area contributed by atoms with Gasteiger partial charge in [-0.2, -0.15) is 0 Å². The Labute approximate surface area is 228 Å². The lowest BCUT2D eigenvalue weighted by Gasteiger charge is -2.23. The number of carbonyl (C=O) groups excluding carboxylic acids is 2. The lowest BCUT2D eigenvalue weighted by Crippen LogP contribution is -2.28. The number of H-pyrrole nitrogens is 1. The molecule has 0 bridgehead atoms. The third-order valence-electron chi connectivity index (χ3n) is 7.16. The van der Waals surface area contributed by atoms with Crippen molar-refractivity contribution in [2.45, 2.75) is 59.8 Å². The Bertz CT molecular complexity index is 1110. The fourth-order valence-electron chi connectivity index (χ4n) is 4.80. The molecule has 1 aromatic heterocycles. The molecule has 2 aliphatic rings. The number of nitrogens with one attached hydrogen (secondary N) is 2. The Morgan fingerprint density at radius 3 is 2.53 bits per heavy atom. The Morgan fingerprint density at radius 2 is 1.89 bits per heavy atom. The van der Waals surface area contributed by atoms with Crippen LogP contribution in [0, 0.1) is 0 Å². The van der Waals surface area contributed by atoms with Gasteiger partial charge in [0.1, 0.15) is 5.82 Å². The molecule has 38 heavy (non-hydrogen) atoms. The smallest absolute Gasteiger partial charge is 0.254 e. The van der Waals surface area contributed by atoms with E-state index in [0.717, 1.165) is 74.4 Å². The van der Waals surface area contributed by atoms with Crippen LogP contribution in [-0.2, 0) is 22.4 Å². The third-order valence-corrected chi connectivity index (χ3v) is 7.16. The maximum atomic E-state index is 13.1. The van der Waals surface area contributed by atoms with Gasteiger partial charge in [0.05, 0.1) is 0 Å². The third kappa shape index (κ3) is 8.28. The number of nitrogens with zero attached hydrogens (tertiary/aromatic N) is 3. The molecule has 0 aromatic carbocycles. The van der Waals surface area contributed by atoms with E-state index in [1.807, 2.05) is 19.3 Å². The second kappa shape index (κ2) is 15.7. The van der Waals surface area contributed by atoms with Crippen molar-refractivity contribution < 1.29 is 9.59 Å². The molecule has 0 unspecified atom stereocenters. The van der Waals surface area contributed by atoms with E-state index < -0.39 is 0 Å². The van der Waals surface area contributed by atoms with Crippen molar-refractivity contribution in [3.8, 4) is 0 Å². The summed E-state index contributed by atoms with van der Waals surface area (Å²) in [5, 5.41) is 2.38. The number of hydrogen-bond donors (Lipinski definition) is 2. The van der Waals surface area contributed by atoms with Crippen LogP contribution in [0.2, 0.25) is 0 Å². The van der Waals surface area contributed by atoms with Crippen LogP contribution in [-0.4, -0.2) is 66.5 Å². The Balaban J connectivity index is 0.00000118. The molecular weight excluding hydrogens is 474 g/mol.